The van der Waals surface area contributed by atoms with E-state index in [4.69, 9.17) is 0 Å². The molecule has 0 bridgehead atoms. The predicted molar refractivity (Wildman–Crippen MR) is 85.7 cm³/mol. The SMILES string of the molecule is C[C@@H](NC(=O)[C@@H]1CC(=O)N(c2ccccc2)C1)C(=O)NC1CC1. The lowest BCUT2D eigenvalue weighted by atomic mass is 10.1. The minimum Gasteiger partial charge on any atom is -0.352 e. The van der Waals surface area contributed by atoms with Crippen molar-refractivity contribution in [3.63, 3.8) is 0 Å². The molecule has 2 atom stereocenters. The molecule has 0 unspecified atom stereocenters. The van der Waals surface area contributed by atoms with Crippen molar-refractivity contribution in [3.8, 4) is 0 Å². The first-order chi connectivity index (χ1) is 11.0. The van der Waals surface area contributed by atoms with Gasteiger partial charge in [-0.15, -0.1) is 0 Å². The normalized spacial score (nSPS) is 21.9. The predicted octanol–water partition coefficient (Wildman–Crippen LogP) is 0.823. The van der Waals surface area contributed by atoms with Crippen LogP contribution in [0.5, 0.6) is 0 Å². The Hall–Kier alpha value is -2.37. The van der Waals surface area contributed by atoms with Crippen molar-refractivity contribution in [2.24, 2.45) is 5.92 Å². The number of anilines is 1. The van der Waals surface area contributed by atoms with Crippen LogP contribution in [0.4, 0.5) is 5.69 Å². The molecular weight excluding hydrogens is 294 g/mol. The summed E-state index contributed by atoms with van der Waals surface area (Å²) >= 11 is 0. The summed E-state index contributed by atoms with van der Waals surface area (Å²) in [7, 11) is 0. The van der Waals surface area contributed by atoms with Gasteiger partial charge in [-0.05, 0) is 31.9 Å². The monoisotopic (exact) mass is 315 g/mol. The summed E-state index contributed by atoms with van der Waals surface area (Å²) in [6, 6.07) is 9.00. The summed E-state index contributed by atoms with van der Waals surface area (Å²) in [4.78, 5) is 38.0. The van der Waals surface area contributed by atoms with Gasteiger partial charge in [0, 0.05) is 24.7 Å². The van der Waals surface area contributed by atoms with Crippen molar-refractivity contribution in [2.45, 2.75) is 38.3 Å². The van der Waals surface area contributed by atoms with Gasteiger partial charge in [-0.2, -0.15) is 0 Å². The van der Waals surface area contributed by atoms with Crippen molar-refractivity contribution < 1.29 is 14.4 Å². The van der Waals surface area contributed by atoms with Crippen molar-refractivity contribution in [2.75, 3.05) is 11.4 Å². The van der Waals surface area contributed by atoms with Crippen LogP contribution in [0.2, 0.25) is 0 Å². The Balaban J connectivity index is 1.56. The first kappa shape index (κ1) is 15.5. The highest BCUT2D eigenvalue weighted by Gasteiger charge is 2.36. The number of benzene rings is 1. The van der Waals surface area contributed by atoms with Gasteiger partial charge in [0.2, 0.25) is 17.7 Å². The van der Waals surface area contributed by atoms with Gasteiger partial charge >= 0.3 is 0 Å². The summed E-state index contributed by atoms with van der Waals surface area (Å²) < 4.78 is 0. The lowest BCUT2D eigenvalue weighted by Crippen LogP contribution is -2.47. The van der Waals surface area contributed by atoms with E-state index in [0.717, 1.165) is 18.5 Å². The third-order valence-electron chi connectivity index (χ3n) is 4.24. The molecule has 0 radical (unpaired) electrons. The number of hydrogen-bond donors (Lipinski definition) is 2. The van der Waals surface area contributed by atoms with Crippen LogP contribution in [0.25, 0.3) is 0 Å². The molecule has 6 nitrogen and oxygen atoms in total. The van der Waals surface area contributed by atoms with Crippen LogP contribution in [0.1, 0.15) is 26.2 Å². The van der Waals surface area contributed by atoms with Gasteiger partial charge in [0.1, 0.15) is 6.04 Å². The highest BCUT2D eigenvalue weighted by atomic mass is 16.2. The van der Waals surface area contributed by atoms with Gasteiger partial charge in [-0.1, -0.05) is 18.2 Å². The van der Waals surface area contributed by atoms with E-state index in [-0.39, 0.29) is 30.2 Å². The highest BCUT2D eigenvalue weighted by molar-refractivity contribution is 6.01. The minimum absolute atomic E-state index is 0.0635. The van der Waals surface area contributed by atoms with Crippen LogP contribution in [-0.2, 0) is 14.4 Å². The fraction of sp³-hybridized carbons (Fsp3) is 0.471. The van der Waals surface area contributed by atoms with Crippen molar-refractivity contribution >= 4 is 23.4 Å². The average molecular weight is 315 g/mol. The molecule has 2 fully saturated rings. The Bertz CT molecular complexity index is 613. The molecule has 1 aliphatic carbocycles. The number of nitrogens with one attached hydrogen (secondary N) is 2. The van der Waals surface area contributed by atoms with Crippen molar-refractivity contribution in [1.29, 1.82) is 0 Å². The fourth-order valence-corrected chi connectivity index (χ4v) is 2.69. The molecule has 2 aliphatic rings. The molecule has 2 N–H and O–H groups in total. The molecule has 23 heavy (non-hydrogen) atoms. The lowest BCUT2D eigenvalue weighted by Gasteiger charge is -2.18. The molecule has 1 saturated carbocycles. The molecule has 1 heterocycles. The van der Waals surface area contributed by atoms with E-state index in [0.29, 0.717) is 6.54 Å². The maximum Gasteiger partial charge on any atom is 0.242 e. The van der Waals surface area contributed by atoms with E-state index < -0.39 is 12.0 Å². The quantitative estimate of drug-likeness (QED) is 0.844. The molecule has 122 valence electrons. The Labute approximate surface area is 135 Å². The molecule has 6 heteroatoms. The third kappa shape index (κ3) is 3.70. The van der Waals surface area contributed by atoms with E-state index in [2.05, 4.69) is 10.6 Å². The molecule has 1 aliphatic heterocycles. The number of nitrogens with zero attached hydrogens (tertiary/aromatic N) is 1. The molecule has 0 spiro atoms. The van der Waals surface area contributed by atoms with Crippen LogP contribution >= 0.6 is 0 Å². The summed E-state index contributed by atoms with van der Waals surface area (Å²) in [6.07, 6.45) is 2.20. The molecule has 1 aromatic rings. The maximum absolute atomic E-state index is 12.3. The largest absolute Gasteiger partial charge is 0.352 e. The lowest BCUT2D eigenvalue weighted by molar-refractivity contribution is -0.131. The summed E-state index contributed by atoms with van der Waals surface area (Å²) in [5.41, 5.74) is 0.798. The number of hydrogen-bond acceptors (Lipinski definition) is 3. The standard InChI is InChI=1S/C17H21N3O3/c1-11(16(22)19-13-7-8-13)18-17(23)12-9-15(21)20(10-12)14-5-3-2-4-6-14/h2-6,11-13H,7-10H2,1H3,(H,18,23)(H,19,22)/t11-,12-/m1/s1. The van der Waals surface area contributed by atoms with Crippen LogP contribution in [-0.4, -0.2) is 36.3 Å². The Morgan fingerprint density at radius 3 is 2.57 bits per heavy atom. The first-order valence-electron chi connectivity index (χ1n) is 8.01. The van der Waals surface area contributed by atoms with E-state index in [9.17, 15) is 14.4 Å². The maximum atomic E-state index is 12.3. The van der Waals surface area contributed by atoms with E-state index in [1.807, 2.05) is 30.3 Å². The van der Waals surface area contributed by atoms with Gasteiger partial charge in [-0.25, -0.2) is 0 Å². The Kier molecular flexibility index (Phi) is 4.32. The van der Waals surface area contributed by atoms with Crippen LogP contribution in [0.3, 0.4) is 0 Å². The number of rotatable bonds is 5. The van der Waals surface area contributed by atoms with Crippen LogP contribution in [0, 0.1) is 5.92 Å². The second kappa shape index (κ2) is 6.40. The number of carbonyl (C=O) groups is 3. The van der Waals surface area contributed by atoms with Crippen LogP contribution in [0.15, 0.2) is 30.3 Å². The number of amides is 3. The Morgan fingerprint density at radius 2 is 1.91 bits per heavy atom. The average Bonchev–Trinajstić information content (AvgIpc) is 3.27. The van der Waals surface area contributed by atoms with Gasteiger partial charge in [0.25, 0.3) is 0 Å². The first-order valence-corrected chi connectivity index (χ1v) is 8.01. The summed E-state index contributed by atoms with van der Waals surface area (Å²) in [5, 5.41) is 5.58. The van der Waals surface area contributed by atoms with Crippen molar-refractivity contribution in [1.82, 2.24) is 10.6 Å². The van der Waals surface area contributed by atoms with E-state index >= 15 is 0 Å². The highest BCUT2D eigenvalue weighted by Crippen LogP contribution is 2.25. The number of para-hydroxylation sites is 1. The number of carbonyl (C=O) groups excluding carboxylic acids is 3. The minimum atomic E-state index is -0.580. The second-order valence-corrected chi connectivity index (χ2v) is 6.25. The Morgan fingerprint density at radius 1 is 1.22 bits per heavy atom. The topological polar surface area (TPSA) is 78.5 Å². The van der Waals surface area contributed by atoms with Gasteiger partial charge in [-0.3, -0.25) is 14.4 Å². The summed E-state index contributed by atoms with van der Waals surface area (Å²) in [6.45, 7) is 2.02. The summed E-state index contributed by atoms with van der Waals surface area (Å²) in [5.74, 6) is -0.884. The molecule has 0 aromatic heterocycles. The van der Waals surface area contributed by atoms with Gasteiger partial charge < -0.3 is 15.5 Å². The molecular formula is C17H21N3O3. The fourth-order valence-electron chi connectivity index (χ4n) is 2.69. The van der Waals surface area contributed by atoms with Crippen molar-refractivity contribution in [3.05, 3.63) is 30.3 Å². The van der Waals surface area contributed by atoms with E-state index in [1.165, 1.54) is 0 Å². The molecule has 1 aromatic carbocycles. The molecule has 1 saturated heterocycles. The second-order valence-electron chi connectivity index (χ2n) is 6.25. The smallest absolute Gasteiger partial charge is 0.242 e. The zero-order valence-electron chi connectivity index (χ0n) is 13.1. The van der Waals surface area contributed by atoms with E-state index in [1.54, 1.807) is 11.8 Å². The van der Waals surface area contributed by atoms with Gasteiger partial charge in [0.15, 0.2) is 0 Å². The zero-order chi connectivity index (χ0) is 16.4. The molecule has 3 rings (SSSR count). The van der Waals surface area contributed by atoms with Crippen LogP contribution < -0.4 is 15.5 Å². The molecule has 3 amide bonds. The zero-order valence-corrected chi connectivity index (χ0v) is 13.1. The van der Waals surface area contributed by atoms with Gasteiger partial charge in [0.05, 0.1) is 5.92 Å². The third-order valence-corrected chi connectivity index (χ3v) is 4.24.